The van der Waals surface area contributed by atoms with Gasteiger partial charge >= 0.3 is 0 Å². The molecule has 3 unspecified atom stereocenters. The summed E-state index contributed by atoms with van der Waals surface area (Å²) >= 11 is 0. The molecule has 0 aromatic carbocycles. The smallest absolute Gasteiger partial charge is 0.0974 e. The minimum atomic E-state index is -2.10. The van der Waals surface area contributed by atoms with Gasteiger partial charge in [0.1, 0.15) is 0 Å². The largest absolute Gasteiger partial charge is 0.323 e. The molecule has 0 radical (unpaired) electrons. The van der Waals surface area contributed by atoms with Gasteiger partial charge in [0.05, 0.1) is 7.14 Å². The number of allylic oxidation sites excluding steroid dienone is 6. The highest BCUT2D eigenvalue weighted by atomic mass is 31.2. The predicted molar refractivity (Wildman–Crippen MR) is 87.9 cm³/mol. The maximum atomic E-state index is 14.2. The van der Waals surface area contributed by atoms with Crippen LogP contribution in [0.3, 0.4) is 0 Å². The summed E-state index contributed by atoms with van der Waals surface area (Å²) in [6.07, 6.45) is 23.8. The van der Waals surface area contributed by atoms with Crippen molar-refractivity contribution >= 4 is 7.14 Å². The van der Waals surface area contributed by atoms with Gasteiger partial charge in [-0.15, -0.1) is 0 Å². The fourth-order valence-electron chi connectivity index (χ4n) is 4.33. The van der Waals surface area contributed by atoms with Crippen LogP contribution < -0.4 is 0 Å². The normalized spacial score (nSPS) is 36.7. The molecule has 2 heteroatoms. The Morgan fingerprint density at radius 1 is 0.600 bits per heavy atom. The number of rotatable bonds is 3. The van der Waals surface area contributed by atoms with Crippen molar-refractivity contribution in [3.05, 3.63) is 36.5 Å². The third-order valence-corrected chi connectivity index (χ3v) is 10.3. The molecule has 0 saturated heterocycles. The van der Waals surface area contributed by atoms with Crippen molar-refractivity contribution < 1.29 is 4.57 Å². The van der Waals surface area contributed by atoms with E-state index in [0.717, 1.165) is 57.8 Å². The molecular formula is C18H27OP. The second-order valence-electron chi connectivity index (χ2n) is 6.58. The molecule has 20 heavy (non-hydrogen) atoms. The molecule has 110 valence electrons. The van der Waals surface area contributed by atoms with E-state index < -0.39 is 7.14 Å². The van der Waals surface area contributed by atoms with Gasteiger partial charge in [0.25, 0.3) is 0 Å². The number of hydrogen-bond donors (Lipinski definition) is 0. The van der Waals surface area contributed by atoms with Gasteiger partial charge in [-0.25, -0.2) is 0 Å². The Morgan fingerprint density at radius 3 is 1.20 bits per heavy atom. The molecule has 1 nitrogen and oxygen atoms in total. The van der Waals surface area contributed by atoms with Gasteiger partial charge in [0.2, 0.25) is 0 Å². The molecule has 0 aromatic heterocycles. The van der Waals surface area contributed by atoms with Gasteiger partial charge in [0.15, 0.2) is 0 Å². The van der Waals surface area contributed by atoms with Gasteiger partial charge in [-0.1, -0.05) is 36.5 Å². The van der Waals surface area contributed by atoms with E-state index in [9.17, 15) is 4.57 Å². The molecule has 3 aliphatic carbocycles. The van der Waals surface area contributed by atoms with Crippen LogP contribution in [-0.4, -0.2) is 17.0 Å². The second-order valence-corrected chi connectivity index (χ2v) is 10.3. The van der Waals surface area contributed by atoms with Crippen molar-refractivity contribution in [2.45, 2.75) is 74.8 Å². The Morgan fingerprint density at radius 2 is 0.950 bits per heavy atom. The zero-order valence-corrected chi connectivity index (χ0v) is 13.3. The zero-order chi connectivity index (χ0) is 13.8. The van der Waals surface area contributed by atoms with Gasteiger partial charge in [-0.3, -0.25) is 0 Å². The summed E-state index contributed by atoms with van der Waals surface area (Å²) in [5.74, 6) is 0. The molecular weight excluding hydrogens is 263 g/mol. The highest BCUT2D eigenvalue weighted by molar-refractivity contribution is 7.66. The first-order chi connectivity index (χ1) is 9.82. The van der Waals surface area contributed by atoms with E-state index in [4.69, 9.17) is 0 Å². The highest BCUT2D eigenvalue weighted by Crippen LogP contribution is 2.67. The molecule has 0 fully saturated rings. The Kier molecular flexibility index (Phi) is 4.66. The Hall–Kier alpha value is -0.550. The van der Waals surface area contributed by atoms with Crippen LogP contribution in [0.25, 0.3) is 0 Å². The topological polar surface area (TPSA) is 17.1 Å². The fourth-order valence-corrected chi connectivity index (χ4v) is 9.13. The maximum Gasteiger partial charge on any atom is 0.0974 e. The number of hydrogen-bond acceptors (Lipinski definition) is 1. The molecule has 0 heterocycles. The minimum absolute atomic E-state index is 0.473. The van der Waals surface area contributed by atoms with E-state index in [2.05, 4.69) is 36.5 Å². The molecule has 0 bridgehead atoms. The van der Waals surface area contributed by atoms with Crippen LogP contribution in [0.4, 0.5) is 0 Å². The van der Waals surface area contributed by atoms with E-state index in [-0.39, 0.29) is 0 Å². The Bertz CT molecular complexity index is 393. The van der Waals surface area contributed by atoms with Gasteiger partial charge in [-0.2, -0.15) is 0 Å². The Labute approximate surface area is 123 Å². The van der Waals surface area contributed by atoms with Crippen molar-refractivity contribution in [1.29, 1.82) is 0 Å². The molecule has 3 aliphatic rings. The van der Waals surface area contributed by atoms with E-state index in [1.807, 2.05) is 0 Å². The average molecular weight is 290 g/mol. The fraction of sp³-hybridized carbons (Fsp3) is 0.667. The lowest BCUT2D eigenvalue weighted by atomic mass is 10.1. The van der Waals surface area contributed by atoms with Gasteiger partial charge in [-0.05, 0) is 57.8 Å². The zero-order valence-electron chi connectivity index (χ0n) is 12.4. The van der Waals surface area contributed by atoms with Crippen LogP contribution in [0.15, 0.2) is 36.5 Å². The van der Waals surface area contributed by atoms with Crippen LogP contribution in [0.2, 0.25) is 0 Å². The molecule has 0 aliphatic heterocycles. The molecule has 0 spiro atoms. The average Bonchev–Trinajstić information content (AvgIpc) is 2.56. The second kappa shape index (κ2) is 6.48. The molecule has 0 amide bonds. The lowest BCUT2D eigenvalue weighted by Gasteiger charge is -2.41. The maximum absolute atomic E-state index is 14.2. The van der Waals surface area contributed by atoms with Crippen LogP contribution >= 0.6 is 7.14 Å². The monoisotopic (exact) mass is 290 g/mol. The van der Waals surface area contributed by atoms with Crippen LogP contribution in [0, 0.1) is 0 Å². The summed E-state index contributed by atoms with van der Waals surface area (Å²) in [5.41, 5.74) is 1.42. The van der Waals surface area contributed by atoms with Crippen LogP contribution in [0.5, 0.6) is 0 Å². The van der Waals surface area contributed by atoms with Crippen molar-refractivity contribution in [3.63, 3.8) is 0 Å². The summed E-state index contributed by atoms with van der Waals surface area (Å²) in [6, 6.07) is 0. The molecule has 0 N–H and O–H groups in total. The van der Waals surface area contributed by atoms with Crippen molar-refractivity contribution in [3.8, 4) is 0 Å². The molecule has 3 rings (SSSR count). The summed E-state index contributed by atoms with van der Waals surface area (Å²) < 4.78 is 14.2. The summed E-state index contributed by atoms with van der Waals surface area (Å²) in [5, 5.41) is 0. The van der Waals surface area contributed by atoms with Gasteiger partial charge in [0, 0.05) is 17.0 Å². The predicted octanol–water partition coefficient (Wildman–Crippen LogP) is 5.68. The van der Waals surface area contributed by atoms with Crippen molar-refractivity contribution in [2.75, 3.05) is 0 Å². The lowest BCUT2D eigenvalue weighted by Crippen LogP contribution is -2.29. The van der Waals surface area contributed by atoms with Gasteiger partial charge < -0.3 is 4.57 Å². The first-order valence-electron chi connectivity index (χ1n) is 8.36. The SMILES string of the molecule is O=P(C1CC=CCC1)(C1CC=CCC1)C1CC=CCC1. The lowest BCUT2D eigenvalue weighted by molar-refractivity contribution is 0.511. The standard InChI is InChI=1S/C18H27OP/c19-20(16-10-4-1-5-11-16,17-12-6-2-7-13-17)18-14-8-3-9-15-18/h1-4,6,8,16-18H,5,7,9-15H2. The Balaban J connectivity index is 1.88. The van der Waals surface area contributed by atoms with E-state index in [0.29, 0.717) is 17.0 Å². The van der Waals surface area contributed by atoms with Crippen LogP contribution in [-0.2, 0) is 4.57 Å². The quantitative estimate of drug-likeness (QED) is 0.483. The van der Waals surface area contributed by atoms with E-state index in [1.54, 1.807) is 0 Å². The first-order valence-corrected chi connectivity index (χ1v) is 10.3. The summed E-state index contributed by atoms with van der Waals surface area (Å²) in [7, 11) is -2.10. The van der Waals surface area contributed by atoms with Crippen molar-refractivity contribution in [2.24, 2.45) is 0 Å². The molecule has 0 saturated carbocycles. The van der Waals surface area contributed by atoms with Crippen molar-refractivity contribution in [1.82, 2.24) is 0 Å². The van der Waals surface area contributed by atoms with E-state index >= 15 is 0 Å². The minimum Gasteiger partial charge on any atom is -0.323 e. The molecule has 3 atom stereocenters. The summed E-state index contributed by atoms with van der Waals surface area (Å²) in [6.45, 7) is 0. The van der Waals surface area contributed by atoms with E-state index in [1.165, 1.54) is 0 Å². The summed E-state index contributed by atoms with van der Waals surface area (Å²) in [4.78, 5) is 0. The third-order valence-electron chi connectivity index (χ3n) is 5.44. The molecule has 0 aromatic rings. The van der Waals surface area contributed by atoms with Crippen LogP contribution in [0.1, 0.15) is 57.8 Å². The third kappa shape index (κ3) is 2.75. The first kappa shape index (κ1) is 14.4. The highest BCUT2D eigenvalue weighted by Gasteiger charge is 2.45.